The number of halogens is 1. The number of fused-ring (bicyclic) bond motifs is 3. The smallest absolute Gasteiger partial charge is 0.254 e. The first-order valence-electron chi connectivity index (χ1n) is 12.1. The number of hydrogen-bond acceptors (Lipinski definition) is 7. The zero-order valence-corrected chi connectivity index (χ0v) is 23.4. The average Bonchev–Trinajstić information content (AvgIpc) is 3.43. The minimum atomic E-state index is -1.30. The summed E-state index contributed by atoms with van der Waals surface area (Å²) in [5.41, 5.74) is 1.96. The summed E-state index contributed by atoms with van der Waals surface area (Å²) in [6, 6.07) is 16.8. The second-order valence-corrected chi connectivity index (χ2v) is 12.1. The Balaban J connectivity index is 1.56. The number of thioether (sulfide) groups is 1. The molecule has 3 aliphatic rings. The Labute approximate surface area is 235 Å². The second kappa shape index (κ2) is 9.05. The van der Waals surface area contributed by atoms with Gasteiger partial charge >= 0.3 is 0 Å². The number of benzene rings is 2. The maximum absolute atomic E-state index is 14.8. The SMILES string of the molecule is COc1ccc(CN2C(=O)[C@]3(SC2=S)[C@@H](c2cccnc2)CN(C)[C@]32C(=O)N(C)c3ccc(Cl)cc32)cc1. The van der Waals surface area contributed by atoms with Crippen LogP contribution in [0, 0.1) is 0 Å². The molecule has 0 saturated carbocycles. The van der Waals surface area contributed by atoms with Gasteiger partial charge in [-0.2, -0.15) is 0 Å². The largest absolute Gasteiger partial charge is 0.497 e. The van der Waals surface area contributed by atoms with Crippen LogP contribution in [0.1, 0.15) is 22.6 Å². The van der Waals surface area contributed by atoms with Crippen molar-refractivity contribution in [2.45, 2.75) is 22.7 Å². The fourth-order valence-corrected chi connectivity index (χ4v) is 8.60. The Hall–Kier alpha value is -2.98. The highest BCUT2D eigenvalue weighted by molar-refractivity contribution is 8.25. The average molecular weight is 565 g/mol. The Morgan fingerprint density at radius 1 is 1.13 bits per heavy atom. The van der Waals surface area contributed by atoms with Gasteiger partial charge in [0, 0.05) is 48.2 Å². The van der Waals surface area contributed by atoms with E-state index >= 15 is 0 Å². The number of thiocarbonyl (C=S) groups is 1. The van der Waals surface area contributed by atoms with Crippen molar-refractivity contribution in [3.63, 3.8) is 0 Å². The fourth-order valence-electron chi connectivity index (χ4n) is 6.30. The lowest BCUT2D eigenvalue weighted by atomic mass is 9.72. The molecule has 6 rings (SSSR count). The molecule has 2 saturated heterocycles. The van der Waals surface area contributed by atoms with Gasteiger partial charge in [-0.25, -0.2) is 0 Å². The number of hydrogen-bond donors (Lipinski definition) is 0. The molecule has 3 aromatic rings. The van der Waals surface area contributed by atoms with Gasteiger partial charge in [0.25, 0.3) is 5.91 Å². The van der Waals surface area contributed by atoms with Crippen LogP contribution in [-0.2, 0) is 21.7 Å². The van der Waals surface area contributed by atoms with E-state index in [-0.39, 0.29) is 17.7 Å². The molecule has 194 valence electrons. The third-order valence-electron chi connectivity index (χ3n) is 8.00. The molecule has 0 N–H and O–H groups in total. The van der Waals surface area contributed by atoms with Gasteiger partial charge in [0.1, 0.15) is 14.8 Å². The van der Waals surface area contributed by atoms with Gasteiger partial charge < -0.3 is 9.64 Å². The number of likely N-dealkylation sites (tertiary alicyclic amines) is 1. The number of carbonyl (C=O) groups excluding carboxylic acids is 2. The molecule has 10 heteroatoms. The quantitative estimate of drug-likeness (QED) is 0.434. The summed E-state index contributed by atoms with van der Waals surface area (Å²) in [6.45, 7) is 0.761. The van der Waals surface area contributed by atoms with Gasteiger partial charge in [-0.1, -0.05) is 53.8 Å². The van der Waals surface area contributed by atoms with Crippen molar-refractivity contribution in [2.24, 2.45) is 0 Å². The minimum Gasteiger partial charge on any atom is -0.497 e. The van der Waals surface area contributed by atoms with Crippen molar-refractivity contribution < 1.29 is 14.3 Å². The molecule has 4 heterocycles. The number of carbonyl (C=O) groups is 2. The van der Waals surface area contributed by atoms with Crippen LogP contribution in [0.4, 0.5) is 5.69 Å². The van der Waals surface area contributed by atoms with Crippen molar-refractivity contribution in [1.82, 2.24) is 14.8 Å². The van der Waals surface area contributed by atoms with Crippen molar-refractivity contribution in [1.29, 1.82) is 0 Å². The maximum Gasteiger partial charge on any atom is 0.254 e. The van der Waals surface area contributed by atoms with E-state index in [1.807, 2.05) is 60.5 Å². The van der Waals surface area contributed by atoms with Gasteiger partial charge in [0.15, 0.2) is 5.54 Å². The molecule has 0 radical (unpaired) electrons. The number of nitrogens with zero attached hydrogens (tertiary/aromatic N) is 4. The van der Waals surface area contributed by atoms with Crippen LogP contribution in [0.15, 0.2) is 67.0 Å². The summed E-state index contributed by atoms with van der Waals surface area (Å²) < 4.78 is 4.48. The van der Waals surface area contributed by atoms with Crippen molar-refractivity contribution >= 4 is 57.4 Å². The molecule has 1 aromatic heterocycles. The Kier molecular flexibility index (Phi) is 6.03. The Morgan fingerprint density at radius 3 is 2.58 bits per heavy atom. The lowest BCUT2D eigenvalue weighted by Gasteiger charge is -2.42. The lowest BCUT2D eigenvalue weighted by Crippen LogP contribution is -2.62. The van der Waals surface area contributed by atoms with E-state index in [1.165, 1.54) is 11.8 Å². The third kappa shape index (κ3) is 3.25. The van der Waals surface area contributed by atoms with Crippen LogP contribution in [0.5, 0.6) is 5.75 Å². The summed E-state index contributed by atoms with van der Waals surface area (Å²) >= 11 is 13.7. The molecule has 0 aliphatic carbocycles. The molecule has 3 aliphatic heterocycles. The van der Waals surface area contributed by atoms with Gasteiger partial charge in [0.2, 0.25) is 5.91 Å². The number of likely N-dealkylation sites (N-methyl/N-ethyl adjacent to an activating group) is 2. The van der Waals surface area contributed by atoms with Crippen LogP contribution >= 0.6 is 35.6 Å². The molecule has 2 amide bonds. The van der Waals surface area contributed by atoms with Crippen LogP contribution in [0.25, 0.3) is 0 Å². The van der Waals surface area contributed by atoms with E-state index in [0.29, 0.717) is 22.4 Å². The summed E-state index contributed by atoms with van der Waals surface area (Å²) in [7, 11) is 5.27. The van der Waals surface area contributed by atoms with E-state index in [4.69, 9.17) is 28.6 Å². The first-order chi connectivity index (χ1) is 18.3. The molecule has 2 spiro atoms. The van der Waals surface area contributed by atoms with Crippen LogP contribution < -0.4 is 9.64 Å². The number of rotatable bonds is 4. The van der Waals surface area contributed by atoms with Crippen LogP contribution in [-0.4, -0.2) is 63.4 Å². The van der Waals surface area contributed by atoms with Crippen molar-refractivity contribution in [3.05, 3.63) is 88.7 Å². The highest BCUT2D eigenvalue weighted by atomic mass is 35.5. The van der Waals surface area contributed by atoms with Gasteiger partial charge in [-0.05, 0) is 54.6 Å². The summed E-state index contributed by atoms with van der Waals surface area (Å²) in [5.74, 6) is 0.0329. The molecule has 0 bridgehead atoms. The Bertz CT molecular complexity index is 1470. The van der Waals surface area contributed by atoms with E-state index in [0.717, 1.165) is 28.1 Å². The monoisotopic (exact) mass is 564 g/mol. The minimum absolute atomic E-state index is 0.168. The number of pyridine rings is 1. The molecule has 38 heavy (non-hydrogen) atoms. The third-order valence-corrected chi connectivity index (χ3v) is 10.2. The predicted octanol–water partition coefficient (Wildman–Crippen LogP) is 4.44. The van der Waals surface area contributed by atoms with Crippen LogP contribution in [0.3, 0.4) is 0 Å². The van der Waals surface area contributed by atoms with Crippen molar-refractivity contribution in [3.8, 4) is 5.75 Å². The highest BCUT2D eigenvalue weighted by Crippen LogP contribution is 2.66. The predicted molar refractivity (Wildman–Crippen MR) is 153 cm³/mol. The van der Waals surface area contributed by atoms with E-state index < -0.39 is 10.3 Å². The van der Waals surface area contributed by atoms with Gasteiger partial charge in [-0.3, -0.25) is 24.4 Å². The zero-order valence-electron chi connectivity index (χ0n) is 21.1. The van der Waals surface area contributed by atoms with Crippen molar-refractivity contribution in [2.75, 3.05) is 32.6 Å². The van der Waals surface area contributed by atoms with Gasteiger partial charge in [0.05, 0.1) is 13.7 Å². The van der Waals surface area contributed by atoms with E-state index in [2.05, 4.69) is 4.98 Å². The maximum atomic E-state index is 14.8. The topological polar surface area (TPSA) is 66.0 Å². The molecule has 3 atom stereocenters. The fraction of sp³-hybridized carbons (Fsp3) is 0.286. The van der Waals surface area contributed by atoms with Gasteiger partial charge in [-0.15, -0.1) is 0 Å². The molecule has 2 fully saturated rings. The number of amides is 2. The molecular formula is C28H25ClN4O3S2. The summed E-state index contributed by atoms with van der Waals surface area (Å²) in [5, 5.41) is 0.507. The first kappa shape index (κ1) is 25.3. The molecule has 2 aromatic carbocycles. The molecule has 7 nitrogen and oxygen atoms in total. The molecular weight excluding hydrogens is 540 g/mol. The number of aromatic nitrogens is 1. The number of anilines is 1. The number of ether oxygens (including phenoxy) is 1. The summed E-state index contributed by atoms with van der Waals surface area (Å²) in [4.78, 5) is 38.9. The standard InChI is InChI=1S/C28H25ClN4O3S2/c1-31-16-22(18-5-4-12-30-14-18)28(27(31)21-13-19(29)8-11-23(21)32(2)24(27)34)25(35)33(26(37)38-28)15-17-6-9-20(36-3)10-7-17/h4-14,22H,15-16H2,1-3H3/t22-,27-,28-/m1/s1. The first-order valence-corrected chi connectivity index (χ1v) is 13.7. The van der Waals surface area contributed by atoms with E-state index in [9.17, 15) is 9.59 Å². The highest BCUT2D eigenvalue weighted by Gasteiger charge is 2.78. The van der Waals surface area contributed by atoms with Crippen LogP contribution in [0.2, 0.25) is 5.02 Å². The summed E-state index contributed by atoms with van der Waals surface area (Å²) in [6.07, 6.45) is 3.49. The Morgan fingerprint density at radius 2 is 1.89 bits per heavy atom. The van der Waals surface area contributed by atoms with E-state index in [1.54, 1.807) is 42.4 Å². The second-order valence-electron chi connectivity index (χ2n) is 9.80. The number of methoxy groups -OCH3 is 1. The lowest BCUT2D eigenvalue weighted by molar-refractivity contribution is -0.139. The molecule has 0 unspecified atom stereocenters. The normalized spacial score (nSPS) is 26.7. The zero-order chi connectivity index (χ0) is 26.8.